The van der Waals surface area contributed by atoms with Gasteiger partial charge in [0.25, 0.3) is 0 Å². The summed E-state index contributed by atoms with van der Waals surface area (Å²) in [6, 6.07) is 25.1. The molecule has 2 aromatic heterocycles. The molecule has 15 heteroatoms. The summed E-state index contributed by atoms with van der Waals surface area (Å²) in [7, 11) is 4.19. The summed E-state index contributed by atoms with van der Waals surface area (Å²) in [6.07, 6.45) is 12.5. The summed E-state index contributed by atoms with van der Waals surface area (Å²) in [4.78, 5) is 76.1. The van der Waals surface area contributed by atoms with Gasteiger partial charge in [0.15, 0.2) is 0 Å². The zero-order valence-electron chi connectivity index (χ0n) is 45.0. The van der Waals surface area contributed by atoms with Gasteiger partial charge >= 0.3 is 12.2 Å². The maximum Gasteiger partial charge on any atom is 0.407 e. The third kappa shape index (κ3) is 9.84. The van der Waals surface area contributed by atoms with Crippen molar-refractivity contribution in [1.82, 2.24) is 40.4 Å². The lowest BCUT2D eigenvalue weighted by Crippen LogP contribution is -2.56. The number of carbonyl (C=O) groups is 4. The van der Waals surface area contributed by atoms with Crippen LogP contribution < -0.4 is 10.6 Å². The van der Waals surface area contributed by atoms with Crippen LogP contribution in [0.15, 0.2) is 72.8 Å². The highest BCUT2D eigenvalue weighted by molar-refractivity contribution is 5.89. The zero-order valence-corrected chi connectivity index (χ0v) is 45.0. The number of hydrogen-bond acceptors (Lipinski definition) is 9. The highest BCUT2D eigenvalue weighted by Gasteiger charge is 2.50. The normalized spacial score (nSPS) is 23.8. The second-order valence-corrected chi connectivity index (χ2v) is 22.5. The van der Waals surface area contributed by atoms with Crippen molar-refractivity contribution in [1.29, 1.82) is 0 Å². The standard InChI is InChI=1S/C61H74N8O7/c1-7-34(2)54(66-60(72)75-5)58(70)68-50-14-10-8-12-42(50)32-52(68)56-62-46-26-24-40(30-48(46)64-56)44-28-36-16-20-38(44)21-17-37-19-23-39(22-18-36)45(29-37)41-25-27-47-49(31-41)65-57(63-47)53-33-43-13-9-11-15-51(43)69(53)59(71)55(35(3)74-4)67-61(73)76-6/h16,19-20,23-31,34-35,42-43,50-55H,7-15,17-18,21-22,32-33H2,1-6H3,(H,62,64)(H,63,65)(H,66,72)(H,67,73)/t34-,35+,42-,43-,50-,51-,52-,53-,54-,55-/m0/s1. The summed E-state index contributed by atoms with van der Waals surface area (Å²) in [5.74, 6) is 2.03. The van der Waals surface area contributed by atoms with Gasteiger partial charge in [-0.1, -0.05) is 94.5 Å². The number of alkyl carbamates (subject to hydrolysis) is 2. The first kappa shape index (κ1) is 51.4. The number of H-pyrrole nitrogens is 2. The minimum Gasteiger partial charge on any atom is -0.453 e. The topological polar surface area (TPSA) is 184 Å². The number of benzene rings is 4. The molecular weight excluding hydrogens is 957 g/mol. The van der Waals surface area contributed by atoms with Gasteiger partial charge in [-0.25, -0.2) is 19.6 Å². The summed E-state index contributed by atoms with van der Waals surface area (Å²) in [5, 5.41) is 5.66. The number of hydrogen-bond donors (Lipinski definition) is 4. The van der Waals surface area contributed by atoms with E-state index in [4.69, 9.17) is 24.2 Å². The second-order valence-electron chi connectivity index (χ2n) is 22.5. The van der Waals surface area contributed by atoms with E-state index in [-0.39, 0.29) is 41.9 Å². The van der Waals surface area contributed by atoms with Crippen molar-refractivity contribution in [3.8, 4) is 22.3 Å². The number of nitrogens with zero attached hydrogens (tertiary/aromatic N) is 4. The molecule has 6 aliphatic carbocycles. The number of rotatable bonds is 12. The van der Waals surface area contributed by atoms with Crippen LogP contribution in [-0.4, -0.2) is 105 Å². The van der Waals surface area contributed by atoms with Crippen LogP contribution >= 0.6 is 0 Å². The monoisotopic (exact) mass is 1030 g/mol. The Hall–Kier alpha value is -6.74. The molecule has 14 rings (SSSR count). The predicted molar refractivity (Wildman–Crippen MR) is 292 cm³/mol. The lowest BCUT2D eigenvalue weighted by atomic mass is 9.84. The predicted octanol–water partition coefficient (Wildman–Crippen LogP) is 10.9. The van der Waals surface area contributed by atoms with Crippen LogP contribution in [0.1, 0.15) is 137 Å². The molecule has 2 aliphatic heterocycles. The number of aromatic amines is 2. The van der Waals surface area contributed by atoms with E-state index in [9.17, 15) is 19.2 Å². The third-order valence-corrected chi connectivity index (χ3v) is 18.2. The van der Waals surface area contributed by atoms with E-state index in [1.54, 1.807) is 14.0 Å². The Labute approximate surface area is 445 Å². The molecule has 0 unspecified atom stereocenters. The number of aromatic nitrogens is 4. The zero-order chi connectivity index (χ0) is 52.8. The molecule has 400 valence electrons. The number of likely N-dealkylation sites (tertiary alicyclic amines) is 2. The van der Waals surface area contributed by atoms with Crippen LogP contribution in [0.4, 0.5) is 9.59 Å². The van der Waals surface area contributed by atoms with Gasteiger partial charge in [-0.2, -0.15) is 0 Å². The molecule has 4 fully saturated rings. The van der Waals surface area contributed by atoms with Crippen LogP contribution in [0.5, 0.6) is 0 Å². The Balaban J connectivity index is 0.849. The van der Waals surface area contributed by atoms with Crippen molar-refractivity contribution in [3.63, 3.8) is 0 Å². The summed E-state index contributed by atoms with van der Waals surface area (Å²) < 4.78 is 15.5. The average molecular weight is 1030 g/mol. The van der Waals surface area contributed by atoms with E-state index in [1.807, 2.05) is 18.7 Å². The summed E-state index contributed by atoms with van der Waals surface area (Å²) >= 11 is 0. The smallest absolute Gasteiger partial charge is 0.407 e. The molecular formula is C61H74N8O7. The third-order valence-electron chi connectivity index (χ3n) is 18.2. The first-order chi connectivity index (χ1) is 36.9. The van der Waals surface area contributed by atoms with Gasteiger partial charge < -0.3 is 44.6 Å². The quantitative estimate of drug-likeness (QED) is 0.0926. The van der Waals surface area contributed by atoms with Crippen molar-refractivity contribution in [2.75, 3.05) is 21.3 Å². The Morgan fingerprint density at radius 1 is 0.605 bits per heavy atom. The van der Waals surface area contributed by atoms with E-state index in [2.05, 4.69) is 98.3 Å². The van der Waals surface area contributed by atoms with Gasteiger partial charge in [0, 0.05) is 19.2 Å². The molecule has 4 N–H and O–H groups in total. The number of amides is 4. The van der Waals surface area contributed by atoms with Crippen molar-refractivity contribution in [2.45, 2.75) is 159 Å². The largest absolute Gasteiger partial charge is 0.453 e. The van der Waals surface area contributed by atoms with E-state index in [0.717, 1.165) is 141 Å². The lowest BCUT2D eigenvalue weighted by Gasteiger charge is -2.37. The number of ether oxygens (including phenoxy) is 3. The summed E-state index contributed by atoms with van der Waals surface area (Å²) in [6.45, 7) is 5.86. The minimum absolute atomic E-state index is 0.0520. The highest BCUT2D eigenvalue weighted by Crippen LogP contribution is 2.48. The van der Waals surface area contributed by atoms with E-state index in [1.165, 1.54) is 47.6 Å². The van der Waals surface area contributed by atoms with Gasteiger partial charge in [0.2, 0.25) is 11.8 Å². The molecule has 4 heterocycles. The van der Waals surface area contributed by atoms with Gasteiger partial charge in [-0.3, -0.25) is 9.59 Å². The average Bonchev–Trinajstić information content (AvgIpc) is 4.26. The Morgan fingerprint density at radius 2 is 1.07 bits per heavy atom. The van der Waals surface area contributed by atoms with Crippen molar-refractivity contribution < 1.29 is 33.4 Å². The van der Waals surface area contributed by atoms with Crippen LogP contribution in [0.3, 0.4) is 0 Å². The lowest BCUT2D eigenvalue weighted by molar-refractivity contribution is -0.140. The molecule has 4 aromatic carbocycles. The number of methoxy groups -OCH3 is 3. The number of nitrogens with one attached hydrogen (secondary N) is 4. The highest BCUT2D eigenvalue weighted by atomic mass is 16.5. The van der Waals surface area contributed by atoms with Crippen molar-refractivity contribution in [2.24, 2.45) is 17.8 Å². The minimum atomic E-state index is -0.903. The van der Waals surface area contributed by atoms with Gasteiger partial charge in [-0.05, 0) is 158 Å². The van der Waals surface area contributed by atoms with E-state index < -0.39 is 30.4 Å². The fourth-order valence-electron chi connectivity index (χ4n) is 13.7. The molecule has 4 amide bonds. The SMILES string of the molecule is CC[C@H](C)[C@H](NC(=O)OC)C(=O)N1[C@H](c2nc3cc(-c4cc5ccc4CCc4ccc(c(-c6ccc7[nH]c([C@@H]8C[C@@H]9CCCC[C@@H]9N8C(=O)[C@@H](NC(=O)OC)[C@@H](C)OC)nc7c6)c4)CC5)ccc3[nH]2)C[C@@H]2CCCC[C@@H]21. The fraction of sp³-hybridized carbons (Fsp3) is 0.508. The first-order valence-electron chi connectivity index (χ1n) is 28.0. The molecule has 0 radical (unpaired) electrons. The molecule has 2 saturated carbocycles. The van der Waals surface area contributed by atoms with Crippen LogP contribution in [0, 0.1) is 17.8 Å². The molecule has 15 nitrogen and oxygen atoms in total. The fourth-order valence-corrected chi connectivity index (χ4v) is 13.7. The maximum absolute atomic E-state index is 14.7. The first-order valence-corrected chi connectivity index (χ1v) is 28.0. The Bertz CT molecular complexity index is 2940. The Morgan fingerprint density at radius 3 is 1.53 bits per heavy atom. The molecule has 2 saturated heterocycles. The van der Waals surface area contributed by atoms with Crippen molar-refractivity contribution in [3.05, 3.63) is 107 Å². The maximum atomic E-state index is 14.7. The van der Waals surface area contributed by atoms with E-state index in [0.29, 0.717) is 11.8 Å². The van der Waals surface area contributed by atoms with Gasteiger partial charge in [-0.15, -0.1) is 0 Å². The number of aryl methyl sites for hydroxylation is 4. The van der Waals surface area contributed by atoms with Crippen LogP contribution in [0.25, 0.3) is 44.3 Å². The molecule has 6 aromatic rings. The van der Waals surface area contributed by atoms with Crippen LogP contribution in [-0.2, 0) is 49.5 Å². The molecule has 10 atom stereocenters. The summed E-state index contributed by atoms with van der Waals surface area (Å²) in [5.41, 5.74) is 13.4. The number of carbonyl (C=O) groups excluding carboxylic acids is 4. The molecule has 76 heavy (non-hydrogen) atoms. The van der Waals surface area contributed by atoms with Crippen molar-refractivity contribution >= 4 is 46.1 Å². The van der Waals surface area contributed by atoms with Gasteiger partial charge in [0.1, 0.15) is 23.7 Å². The number of fused-ring (bicyclic) bond motifs is 4. The molecule has 0 spiro atoms. The Kier molecular flexibility index (Phi) is 14.7. The number of imidazole rings is 2. The molecule has 4 bridgehead atoms. The van der Waals surface area contributed by atoms with Gasteiger partial charge in [0.05, 0.1) is 54.5 Å². The van der Waals surface area contributed by atoms with Crippen LogP contribution in [0.2, 0.25) is 0 Å². The molecule has 8 aliphatic rings. The second kappa shape index (κ2) is 21.7. The van der Waals surface area contributed by atoms with E-state index >= 15 is 0 Å².